The van der Waals surface area contributed by atoms with E-state index in [0.29, 0.717) is 55.2 Å². The molecule has 1 atom stereocenters. The van der Waals surface area contributed by atoms with Crippen molar-refractivity contribution in [3.8, 4) is 17.1 Å². The first kappa shape index (κ1) is 21.6. The average molecular weight is 453 g/mol. The topological polar surface area (TPSA) is 117 Å². The quantitative estimate of drug-likeness (QED) is 0.532. The van der Waals surface area contributed by atoms with E-state index in [1.54, 1.807) is 7.11 Å². The van der Waals surface area contributed by atoms with Crippen LogP contribution in [0.3, 0.4) is 0 Å². The van der Waals surface area contributed by atoms with E-state index in [4.69, 9.17) is 18.5 Å². The number of carbonyl (C=O) groups excluding carboxylic acids is 1. The molecule has 2 saturated heterocycles. The summed E-state index contributed by atoms with van der Waals surface area (Å²) < 4.78 is 21.7. The number of carbonyl (C=O) groups is 1. The Labute approximate surface area is 191 Å². The molecule has 10 nitrogen and oxygen atoms in total. The Kier molecular flexibility index (Phi) is 6.34. The summed E-state index contributed by atoms with van der Waals surface area (Å²) in [6.07, 6.45) is 3.35. The molecule has 5 rings (SSSR count). The van der Waals surface area contributed by atoms with Crippen LogP contribution in [0.2, 0.25) is 0 Å². The van der Waals surface area contributed by atoms with Gasteiger partial charge in [-0.1, -0.05) is 22.4 Å². The zero-order valence-electron chi connectivity index (χ0n) is 18.6. The van der Waals surface area contributed by atoms with E-state index in [0.717, 1.165) is 43.9 Å². The number of ether oxygens (including phenoxy) is 2. The molecule has 4 heterocycles. The molecule has 10 heteroatoms. The van der Waals surface area contributed by atoms with Gasteiger partial charge in [-0.3, -0.25) is 4.79 Å². The molecule has 0 spiro atoms. The van der Waals surface area contributed by atoms with Crippen LogP contribution in [0.25, 0.3) is 11.4 Å². The summed E-state index contributed by atoms with van der Waals surface area (Å²) >= 11 is 0. The number of hydrogen-bond acceptors (Lipinski definition) is 9. The summed E-state index contributed by atoms with van der Waals surface area (Å²) in [4.78, 5) is 23.7. The lowest BCUT2D eigenvalue weighted by atomic mass is 10.00. The van der Waals surface area contributed by atoms with Gasteiger partial charge in [-0.2, -0.15) is 9.97 Å². The lowest BCUT2D eigenvalue weighted by Crippen LogP contribution is -2.28. The Balaban J connectivity index is 1.14. The molecule has 0 radical (unpaired) electrons. The molecule has 2 fully saturated rings. The average Bonchev–Trinajstić information content (AvgIpc) is 3.63. The number of benzene rings is 1. The molecule has 0 saturated carbocycles. The van der Waals surface area contributed by atoms with Crippen molar-refractivity contribution >= 4 is 5.91 Å². The number of nitrogens with zero attached hydrogens (tertiary/aromatic N) is 5. The molecule has 1 aromatic carbocycles. The maximum atomic E-state index is 12.8. The normalized spacial score (nSPS) is 19.2. The van der Waals surface area contributed by atoms with E-state index in [1.807, 2.05) is 29.2 Å². The van der Waals surface area contributed by atoms with Gasteiger partial charge in [0.25, 0.3) is 0 Å². The third kappa shape index (κ3) is 4.75. The molecule has 0 aliphatic carbocycles. The molecule has 3 aromatic rings. The minimum absolute atomic E-state index is 0.0544. The number of likely N-dealkylation sites (tertiary alicyclic amines) is 1. The van der Waals surface area contributed by atoms with Crippen LogP contribution < -0.4 is 4.74 Å². The van der Waals surface area contributed by atoms with Crippen molar-refractivity contribution in [3.63, 3.8) is 0 Å². The molecule has 1 amide bonds. The van der Waals surface area contributed by atoms with Crippen LogP contribution in [-0.2, 0) is 16.0 Å². The summed E-state index contributed by atoms with van der Waals surface area (Å²) in [5.74, 6) is 3.38. The van der Waals surface area contributed by atoms with Gasteiger partial charge in [0.1, 0.15) is 5.75 Å². The number of methoxy groups -OCH3 is 1. The molecule has 2 aliphatic heterocycles. The highest BCUT2D eigenvalue weighted by Gasteiger charge is 2.32. The molecule has 1 unspecified atom stereocenters. The maximum absolute atomic E-state index is 12.8. The first-order valence-corrected chi connectivity index (χ1v) is 11.4. The Morgan fingerprint density at radius 3 is 2.79 bits per heavy atom. The van der Waals surface area contributed by atoms with Gasteiger partial charge in [-0.25, -0.2) is 0 Å². The largest absolute Gasteiger partial charge is 0.496 e. The first-order valence-electron chi connectivity index (χ1n) is 11.4. The van der Waals surface area contributed by atoms with Crippen LogP contribution in [0.5, 0.6) is 5.75 Å². The highest BCUT2D eigenvalue weighted by atomic mass is 16.5. The maximum Gasteiger partial charge on any atom is 0.231 e. The lowest BCUT2D eigenvalue weighted by Gasteiger charge is -2.18. The Bertz CT molecular complexity index is 1090. The van der Waals surface area contributed by atoms with E-state index in [-0.39, 0.29) is 11.8 Å². The highest BCUT2D eigenvalue weighted by molar-refractivity contribution is 5.76. The monoisotopic (exact) mass is 453 g/mol. The molecule has 174 valence electrons. The molecular weight excluding hydrogens is 426 g/mol. The Morgan fingerprint density at radius 2 is 1.94 bits per heavy atom. The third-order valence-corrected chi connectivity index (χ3v) is 6.30. The van der Waals surface area contributed by atoms with Gasteiger partial charge in [0.15, 0.2) is 5.82 Å². The van der Waals surface area contributed by atoms with Crippen molar-refractivity contribution in [1.29, 1.82) is 0 Å². The summed E-state index contributed by atoms with van der Waals surface area (Å²) in [6, 6.07) is 7.48. The molecule has 33 heavy (non-hydrogen) atoms. The SMILES string of the molecule is COc1ccccc1-c1noc(CCC(=O)N2CCC(c3nc(C4CCOCC4)no3)C2)n1. The molecule has 2 aliphatic rings. The van der Waals surface area contributed by atoms with Gasteiger partial charge in [-0.05, 0) is 31.4 Å². The van der Waals surface area contributed by atoms with Crippen LogP contribution in [0, 0.1) is 0 Å². The van der Waals surface area contributed by atoms with E-state index in [1.165, 1.54) is 0 Å². The number of rotatable bonds is 7. The molecule has 2 aromatic heterocycles. The standard InChI is InChI=1S/C23H27N5O5/c1-30-18-5-3-2-4-17(18)22-24-19(32-27-22)6-7-20(29)28-11-8-16(14-28)23-25-21(26-33-23)15-9-12-31-13-10-15/h2-5,15-16H,6-14H2,1H3. The van der Waals surface area contributed by atoms with Gasteiger partial charge in [0.2, 0.25) is 23.5 Å². The molecular formula is C23H27N5O5. The minimum atomic E-state index is 0.0544. The summed E-state index contributed by atoms with van der Waals surface area (Å²) in [7, 11) is 1.60. The van der Waals surface area contributed by atoms with Crippen LogP contribution >= 0.6 is 0 Å². The van der Waals surface area contributed by atoms with Crippen LogP contribution in [0.4, 0.5) is 0 Å². The third-order valence-electron chi connectivity index (χ3n) is 6.30. The predicted molar refractivity (Wildman–Crippen MR) is 116 cm³/mol. The first-order chi connectivity index (χ1) is 16.2. The lowest BCUT2D eigenvalue weighted by molar-refractivity contribution is -0.130. The van der Waals surface area contributed by atoms with E-state index < -0.39 is 0 Å². The summed E-state index contributed by atoms with van der Waals surface area (Å²) in [5, 5.41) is 8.22. The van der Waals surface area contributed by atoms with Crippen LogP contribution in [-0.4, -0.2) is 64.5 Å². The summed E-state index contributed by atoms with van der Waals surface area (Å²) in [6.45, 7) is 2.74. The molecule has 0 N–H and O–H groups in total. The van der Waals surface area contributed by atoms with Gasteiger partial charge in [0, 0.05) is 45.1 Å². The number of aryl methyl sites for hydroxylation is 1. The van der Waals surface area contributed by atoms with E-state index in [2.05, 4.69) is 20.3 Å². The van der Waals surface area contributed by atoms with Gasteiger partial charge < -0.3 is 23.4 Å². The van der Waals surface area contributed by atoms with Crippen molar-refractivity contribution in [2.24, 2.45) is 0 Å². The van der Waals surface area contributed by atoms with Crippen molar-refractivity contribution in [2.45, 2.75) is 43.9 Å². The fourth-order valence-corrected chi connectivity index (χ4v) is 4.39. The molecule has 0 bridgehead atoms. The highest BCUT2D eigenvalue weighted by Crippen LogP contribution is 2.30. The minimum Gasteiger partial charge on any atom is -0.496 e. The van der Waals surface area contributed by atoms with Crippen molar-refractivity contribution < 1.29 is 23.3 Å². The second-order valence-corrected chi connectivity index (χ2v) is 8.41. The van der Waals surface area contributed by atoms with Crippen molar-refractivity contribution in [2.75, 3.05) is 33.4 Å². The van der Waals surface area contributed by atoms with E-state index >= 15 is 0 Å². The van der Waals surface area contributed by atoms with Crippen molar-refractivity contribution in [3.05, 3.63) is 41.9 Å². The van der Waals surface area contributed by atoms with Gasteiger partial charge in [0.05, 0.1) is 18.6 Å². The zero-order chi connectivity index (χ0) is 22.6. The summed E-state index contributed by atoms with van der Waals surface area (Å²) in [5.41, 5.74) is 0.753. The van der Waals surface area contributed by atoms with Gasteiger partial charge >= 0.3 is 0 Å². The van der Waals surface area contributed by atoms with E-state index in [9.17, 15) is 4.79 Å². The number of aromatic nitrogens is 4. The van der Waals surface area contributed by atoms with Crippen LogP contribution in [0.15, 0.2) is 33.3 Å². The fourth-order valence-electron chi connectivity index (χ4n) is 4.39. The predicted octanol–water partition coefficient (Wildman–Crippen LogP) is 2.97. The smallest absolute Gasteiger partial charge is 0.231 e. The van der Waals surface area contributed by atoms with Crippen molar-refractivity contribution in [1.82, 2.24) is 25.2 Å². The Morgan fingerprint density at radius 1 is 1.09 bits per heavy atom. The number of para-hydroxylation sites is 1. The fraction of sp³-hybridized carbons (Fsp3) is 0.522. The van der Waals surface area contributed by atoms with Crippen LogP contribution in [0.1, 0.15) is 55.1 Å². The number of hydrogen-bond donors (Lipinski definition) is 0. The second-order valence-electron chi connectivity index (χ2n) is 8.41. The second kappa shape index (κ2) is 9.70. The van der Waals surface area contributed by atoms with Gasteiger partial charge in [-0.15, -0.1) is 0 Å². The Hall–Kier alpha value is -3.27. The number of amides is 1. The zero-order valence-corrected chi connectivity index (χ0v) is 18.6.